The molecule has 0 bridgehead atoms. The smallest absolute Gasteiger partial charge is 0.176 e. The highest BCUT2D eigenvalue weighted by Crippen LogP contribution is 2.40. The van der Waals surface area contributed by atoms with Crippen LogP contribution in [0.15, 0.2) is 30.3 Å². The molecule has 0 fully saturated rings. The van der Waals surface area contributed by atoms with E-state index in [0.717, 1.165) is 35.7 Å². The van der Waals surface area contributed by atoms with E-state index < -0.39 is 0 Å². The molecule has 0 aliphatic carbocycles. The summed E-state index contributed by atoms with van der Waals surface area (Å²) in [5.74, 6) is -0.454. The van der Waals surface area contributed by atoms with Gasteiger partial charge in [-0.3, -0.25) is 0 Å². The molecule has 0 radical (unpaired) electrons. The summed E-state index contributed by atoms with van der Waals surface area (Å²) in [5.41, 5.74) is 2.94. The monoisotopic (exact) mass is 396 g/mol. The highest BCUT2D eigenvalue weighted by molar-refractivity contribution is 7.80. The van der Waals surface area contributed by atoms with Gasteiger partial charge in [0, 0.05) is 24.7 Å². The molecule has 1 aliphatic rings. The van der Waals surface area contributed by atoms with E-state index in [1.165, 1.54) is 5.56 Å². The first-order valence-electron chi connectivity index (χ1n) is 7.95. The molecular weight excluding hydrogens is 379 g/mol. The quantitative estimate of drug-likeness (QED) is 0.542. The third-order valence-electron chi connectivity index (χ3n) is 4.30. The van der Waals surface area contributed by atoms with Crippen molar-refractivity contribution < 1.29 is 10.2 Å². The van der Waals surface area contributed by atoms with Gasteiger partial charge in [-0.25, -0.2) is 0 Å². The number of rotatable bonds is 3. The molecule has 2 aromatic rings. The van der Waals surface area contributed by atoms with Gasteiger partial charge in [-0.15, -0.1) is 0 Å². The number of hydrogen-bond acceptors (Lipinski definition) is 3. The van der Waals surface area contributed by atoms with Crippen molar-refractivity contribution in [2.75, 3.05) is 13.1 Å². The average molecular weight is 397 g/mol. The highest BCUT2D eigenvalue weighted by Gasteiger charge is 2.24. The van der Waals surface area contributed by atoms with Crippen molar-refractivity contribution in [1.29, 1.82) is 0 Å². The Labute approximate surface area is 162 Å². The topological polar surface area (TPSA) is 55.7 Å². The number of aromatic hydroxyl groups is 2. The Morgan fingerprint density at radius 3 is 2.64 bits per heavy atom. The molecule has 0 unspecified atom stereocenters. The molecule has 1 aliphatic heterocycles. The fourth-order valence-corrected chi connectivity index (χ4v) is 3.55. The molecule has 0 saturated heterocycles. The fourth-order valence-electron chi connectivity index (χ4n) is 2.89. The second kappa shape index (κ2) is 7.68. The van der Waals surface area contributed by atoms with Crippen LogP contribution >= 0.6 is 35.4 Å². The number of nitrogens with zero attached hydrogens (tertiary/aromatic N) is 1. The lowest BCUT2D eigenvalue weighted by Gasteiger charge is -2.32. The van der Waals surface area contributed by atoms with E-state index in [1.807, 2.05) is 29.2 Å². The van der Waals surface area contributed by atoms with E-state index in [4.69, 9.17) is 35.4 Å². The summed E-state index contributed by atoms with van der Waals surface area (Å²) >= 11 is 17.5. The van der Waals surface area contributed by atoms with Crippen LogP contribution in [0.2, 0.25) is 10.0 Å². The molecule has 1 heterocycles. The molecule has 4 nitrogen and oxygen atoms in total. The zero-order chi connectivity index (χ0) is 18.0. The van der Waals surface area contributed by atoms with Crippen LogP contribution in [0.1, 0.15) is 16.7 Å². The lowest BCUT2D eigenvalue weighted by molar-refractivity contribution is 0.375. The van der Waals surface area contributed by atoms with E-state index in [2.05, 4.69) is 5.32 Å². The Morgan fingerprint density at radius 2 is 1.92 bits per heavy atom. The number of halogens is 2. The van der Waals surface area contributed by atoms with Crippen molar-refractivity contribution >= 4 is 40.5 Å². The Balaban J connectivity index is 1.59. The van der Waals surface area contributed by atoms with Crippen LogP contribution in [0.5, 0.6) is 11.5 Å². The predicted molar refractivity (Wildman–Crippen MR) is 105 cm³/mol. The van der Waals surface area contributed by atoms with Gasteiger partial charge in [0.05, 0.1) is 5.02 Å². The molecule has 0 spiro atoms. The number of benzene rings is 2. The van der Waals surface area contributed by atoms with Crippen molar-refractivity contribution in [1.82, 2.24) is 10.2 Å². The minimum atomic E-state index is -0.274. The molecule has 25 heavy (non-hydrogen) atoms. The van der Waals surface area contributed by atoms with Gasteiger partial charge in [0.15, 0.2) is 16.6 Å². The molecule has 3 N–H and O–H groups in total. The summed E-state index contributed by atoms with van der Waals surface area (Å²) in [7, 11) is 0. The van der Waals surface area contributed by atoms with Crippen LogP contribution in [-0.2, 0) is 19.4 Å². The zero-order valence-electron chi connectivity index (χ0n) is 13.4. The van der Waals surface area contributed by atoms with Gasteiger partial charge in [0.2, 0.25) is 0 Å². The lowest BCUT2D eigenvalue weighted by Crippen LogP contribution is -2.43. The first-order valence-corrected chi connectivity index (χ1v) is 9.11. The first kappa shape index (κ1) is 18.1. The summed E-state index contributed by atoms with van der Waals surface area (Å²) in [6, 6.07) is 9.32. The van der Waals surface area contributed by atoms with Crippen molar-refractivity contribution in [3.63, 3.8) is 0 Å². The van der Waals surface area contributed by atoms with Gasteiger partial charge in [-0.05, 0) is 59.9 Å². The Bertz CT molecular complexity index is 797. The second-order valence-electron chi connectivity index (χ2n) is 5.98. The van der Waals surface area contributed by atoms with Gasteiger partial charge in [0.1, 0.15) is 0 Å². The van der Waals surface area contributed by atoms with E-state index in [-0.39, 0.29) is 16.5 Å². The first-order chi connectivity index (χ1) is 12.0. The maximum absolute atomic E-state index is 9.82. The molecule has 0 saturated carbocycles. The number of thiocarbonyl (C=S) groups is 1. The largest absolute Gasteiger partial charge is 0.504 e. The van der Waals surface area contributed by atoms with Crippen LogP contribution in [0.4, 0.5) is 0 Å². The number of fused-ring (bicyclic) bond motifs is 1. The SMILES string of the molecule is Oc1cc2c(c(Cl)c1O)CN(C(=S)NCCc1ccc(Cl)cc1)CC2. The maximum atomic E-state index is 9.82. The summed E-state index contributed by atoms with van der Waals surface area (Å²) in [6.07, 6.45) is 1.55. The molecule has 2 aromatic carbocycles. The summed E-state index contributed by atoms with van der Waals surface area (Å²) in [6.45, 7) is 1.97. The normalized spacial score (nSPS) is 13.4. The Hall–Kier alpha value is -1.69. The third kappa shape index (κ3) is 4.11. The molecule has 132 valence electrons. The van der Waals surface area contributed by atoms with Gasteiger partial charge in [-0.2, -0.15) is 0 Å². The fraction of sp³-hybridized carbons (Fsp3) is 0.278. The third-order valence-corrected chi connectivity index (χ3v) is 5.37. The summed E-state index contributed by atoms with van der Waals surface area (Å²) < 4.78 is 0. The van der Waals surface area contributed by atoms with E-state index >= 15 is 0 Å². The second-order valence-corrected chi connectivity index (χ2v) is 7.18. The van der Waals surface area contributed by atoms with Crippen molar-refractivity contribution in [2.24, 2.45) is 0 Å². The molecule has 0 atom stereocenters. The number of phenols is 2. The van der Waals surface area contributed by atoms with Crippen LogP contribution in [0, 0.1) is 0 Å². The highest BCUT2D eigenvalue weighted by atomic mass is 35.5. The number of nitrogens with one attached hydrogen (secondary N) is 1. The molecule has 0 aromatic heterocycles. The van der Waals surface area contributed by atoms with Gasteiger partial charge in [-0.1, -0.05) is 35.3 Å². The summed E-state index contributed by atoms with van der Waals surface area (Å²) in [5, 5.41) is 24.3. The van der Waals surface area contributed by atoms with E-state index in [0.29, 0.717) is 18.1 Å². The Kier molecular flexibility index (Phi) is 5.57. The van der Waals surface area contributed by atoms with Crippen LogP contribution in [0.3, 0.4) is 0 Å². The predicted octanol–water partition coefficient (Wildman–Crippen LogP) is 3.88. The molecular formula is C18H18Cl2N2O2S. The van der Waals surface area contributed by atoms with Crippen LogP contribution < -0.4 is 5.32 Å². The standard InChI is InChI=1S/C18H18Cl2N2O2S/c19-13-3-1-11(2-4-13)5-7-21-18(25)22-8-6-12-9-15(23)17(24)16(20)14(12)10-22/h1-4,9,23-24H,5-8,10H2,(H,21,25). The van der Waals surface area contributed by atoms with Gasteiger partial charge in [0.25, 0.3) is 0 Å². The van der Waals surface area contributed by atoms with Crippen molar-refractivity contribution in [3.05, 3.63) is 57.1 Å². The van der Waals surface area contributed by atoms with Crippen LogP contribution in [0.25, 0.3) is 0 Å². The van der Waals surface area contributed by atoms with Gasteiger partial charge < -0.3 is 20.4 Å². The van der Waals surface area contributed by atoms with Crippen molar-refractivity contribution in [2.45, 2.75) is 19.4 Å². The maximum Gasteiger partial charge on any atom is 0.176 e. The van der Waals surface area contributed by atoms with Crippen molar-refractivity contribution in [3.8, 4) is 11.5 Å². The average Bonchev–Trinajstić information content (AvgIpc) is 2.61. The van der Waals surface area contributed by atoms with E-state index in [9.17, 15) is 10.2 Å². The van der Waals surface area contributed by atoms with Crippen LogP contribution in [-0.4, -0.2) is 33.3 Å². The zero-order valence-corrected chi connectivity index (χ0v) is 15.8. The minimum absolute atomic E-state index is 0.180. The summed E-state index contributed by atoms with van der Waals surface area (Å²) in [4.78, 5) is 2.02. The molecule has 3 rings (SSSR count). The lowest BCUT2D eigenvalue weighted by atomic mass is 9.99. The number of hydrogen-bond donors (Lipinski definition) is 3. The van der Waals surface area contributed by atoms with Gasteiger partial charge >= 0.3 is 0 Å². The molecule has 0 amide bonds. The minimum Gasteiger partial charge on any atom is -0.504 e. The molecule has 7 heteroatoms. The number of phenolic OH excluding ortho intramolecular Hbond substituents is 2. The Morgan fingerprint density at radius 1 is 1.20 bits per heavy atom. The van der Waals surface area contributed by atoms with E-state index in [1.54, 1.807) is 6.07 Å².